The van der Waals surface area contributed by atoms with Gasteiger partial charge in [0.1, 0.15) is 0 Å². The minimum absolute atomic E-state index is 0.282. The van der Waals surface area contributed by atoms with Crippen molar-refractivity contribution in [2.45, 2.75) is 32.8 Å². The van der Waals surface area contributed by atoms with Gasteiger partial charge in [0, 0.05) is 13.2 Å². The number of rotatable bonds is 5. The van der Waals surface area contributed by atoms with Crippen LogP contribution in [0, 0.1) is 0 Å². The van der Waals surface area contributed by atoms with E-state index in [0.29, 0.717) is 6.54 Å². The largest absolute Gasteiger partial charge is 0.377 e. The second kappa shape index (κ2) is 6.05. The highest BCUT2D eigenvalue weighted by Crippen LogP contribution is 1.95. The topological polar surface area (TPSA) is 35.2 Å². The van der Waals surface area contributed by atoms with Crippen LogP contribution in [0.3, 0.4) is 0 Å². The predicted octanol–water partition coefficient (Wildman–Crippen LogP) is 1.15. The quantitative estimate of drug-likeness (QED) is 0.607. The number of hydrogen-bond donors (Lipinski definition) is 1. The van der Waals surface area contributed by atoms with E-state index in [2.05, 4.69) is 13.8 Å². The van der Waals surface area contributed by atoms with Crippen LogP contribution in [-0.4, -0.2) is 19.3 Å². The maximum Gasteiger partial charge on any atom is 0.0694 e. The number of hydrogen-bond acceptors (Lipinski definition) is 2. The molecule has 0 saturated heterocycles. The summed E-state index contributed by atoms with van der Waals surface area (Å²) in [6, 6.07) is 0. The predicted molar refractivity (Wildman–Crippen MR) is 39.4 cm³/mol. The van der Waals surface area contributed by atoms with Crippen molar-refractivity contribution in [3.63, 3.8) is 0 Å². The van der Waals surface area contributed by atoms with Crippen molar-refractivity contribution in [1.82, 2.24) is 0 Å². The molecule has 56 valence electrons. The summed E-state index contributed by atoms with van der Waals surface area (Å²) in [6.07, 6.45) is 2.39. The van der Waals surface area contributed by atoms with Gasteiger partial charge in [0.15, 0.2) is 0 Å². The summed E-state index contributed by atoms with van der Waals surface area (Å²) in [5, 5.41) is 0. The zero-order chi connectivity index (χ0) is 7.11. The summed E-state index contributed by atoms with van der Waals surface area (Å²) in [6.45, 7) is 5.68. The Balaban J connectivity index is 3.09. The molecule has 0 radical (unpaired) electrons. The van der Waals surface area contributed by atoms with E-state index in [1.807, 2.05) is 0 Å². The van der Waals surface area contributed by atoms with Crippen LogP contribution in [0.4, 0.5) is 0 Å². The van der Waals surface area contributed by atoms with Gasteiger partial charge in [-0.1, -0.05) is 13.8 Å². The Morgan fingerprint density at radius 2 is 2.11 bits per heavy atom. The van der Waals surface area contributed by atoms with Crippen molar-refractivity contribution in [3.05, 3.63) is 0 Å². The smallest absolute Gasteiger partial charge is 0.0694 e. The number of ether oxygens (including phenoxy) is 1. The first-order valence-electron chi connectivity index (χ1n) is 3.66. The van der Waals surface area contributed by atoms with E-state index >= 15 is 0 Å². The normalized spacial score (nSPS) is 13.7. The molecule has 0 amide bonds. The van der Waals surface area contributed by atoms with E-state index in [9.17, 15) is 0 Å². The van der Waals surface area contributed by atoms with Crippen LogP contribution in [-0.2, 0) is 4.74 Å². The molecule has 0 aliphatic carbocycles. The molecule has 0 saturated carbocycles. The Labute approximate surface area is 57.4 Å². The molecule has 0 aliphatic heterocycles. The van der Waals surface area contributed by atoms with Gasteiger partial charge in [-0.05, 0) is 12.8 Å². The van der Waals surface area contributed by atoms with Crippen LogP contribution in [0.25, 0.3) is 0 Å². The van der Waals surface area contributed by atoms with Crippen molar-refractivity contribution in [3.8, 4) is 0 Å². The average Bonchev–Trinajstić information content (AvgIpc) is 1.91. The molecule has 0 heterocycles. The molecule has 0 aromatic rings. The molecular formula is C7H17NO. The highest BCUT2D eigenvalue weighted by atomic mass is 16.5. The molecule has 0 fully saturated rings. The third-order valence-electron chi connectivity index (χ3n) is 1.28. The minimum Gasteiger partial charge on any atom is -0.377 e. The summed E-state index contributed by atoms with van der Waals surface area (Å²) in [5.41, 5.74) is 5.40. The standard InChI is InChI=1S/C7H17NO/c1-3-5-9-7(4-2)6-8/h7H,3-6,8H2,1-2H3/t7-/m1/s1. The third kappa shape index (κ3) is 4.43. The molecule has 0 rings (SSSR count). The molecule has 9 heavy (non-hydrogen) atoms. The lowest BCUT2D eigenvalue weighted by Crippen LogP contribution is -2.22. The zero-order valence-electron chi connectivity index (χ0n) is 6.39. The van der Waals surface area contributed by atoms with Gasteiger partial charge < -0.3 is 10.5 Å². The van der Waals surface area contributed by atoms with Gasteiger partial charge in [-0.15, -0.1) is 0 Å². The van der Waals surface area contributed by atoms with Crippen molar-refractivity contribution in [1.29, 1.82) is 0 Å². The van der Waals surface area contributed by atoms with Crippen LogP contribution in [0.15, 0.2) is 0 Å². The summed E-state index contributed by atoms with van der Waals surface area (Å²) in [5.74, 6) is 0. The summed E-state index contributed by atoms with van der Waals surface area (Å²) in [7, 11) is 0. The fourth-order valence-electron chi connectivity index (χ4n) is 0.637. The van der Waals surface area contributed by atoms with Crippen molar-refractivity contribution < 1.29 is 4.74 Å². The van der Waals surface area contributed by atoms with Crippen LogP contribution in [0.5, 0.6) is 0 Å². The highest BCUT2D eigenvalue weighted by molar-refractivity contribution is 4.53. The Hall–Kier alpha value is -0.0800. The molecule has 0 unspecified atom stereocenters. The zero-order valence-corrected chi connectivity index (χ0v) is 6.39. The van der Waals surface area contributed by atoms with Crippen LogP contribution < -0.4 is 5.73 Å². The van der Waals surface area contributed by atoms with Gasteiger partial charge in [-0.25, -0.2) is 0 Å². The fourth-order valence-corrected chi connectivity index (χ4v) is 0.637. The van der Waals surface area contributed by atoms with Gasteiger partial charge in [0.25, 0.3) is 0 Å². The molecular weight excluding hydrogens is 114 g/mol. The van der Waals surface area contributed by atoms with E-state index in [1.165, 1.54) is 0 Å². The molecule has 0 bridgehead atoms. The van der Waals surface area contributed by atoms with E-state index < -0.39 is 0 Å². The van der Waals surface area contributed by atoms with Crippen molar-refractivity contribution >= 4 is 0 Å². The second-order valence-corrected chi connectivity index (χ2v) is 2.14. The maximum absolute atomic E-state index is 5.40. The van der Waals surface area contributed by atoms with Crippen molar-refractivity contribution in [2.75, 3.05) is 13.2 Å². The van der Waals surface area contributed by atoms with Gasteiger partial charge in [0.2, 0.25) is 0 Å². The van der Waals surface area contributed by atoms with Crippen LogP contribution >= 0.6 is 0 Å². The lowest BCUT2D eigenvalue weighted by atomic mass is 10.3. The molecule has 1 atom stereocenters. The van der Waals surface area contributed by atoms with Crippen LogP contribution in [0.2, 0.25) is 0 Å². The Morgan fingerprint density at radius 1 is 1.44 bits per heavy atom. The SMILES string of the molecule is CCCO[C@H](CC)CN. The third-order valence-corrected chi connectivity index (χ3v) is 1.28. The first kappa shape index (κ1) is 8.92. The molecule has 0 spiro atoms. The Morgan fingerprint density at radius 3 is 2.44 bits per heavy atom. The molecule has 0 aliphatic rings. The fraction of sp³-hybridized carbons (Fsp3) is 1.00. The second-order valence-electron chi connectivity index (χ2n) is 2.14. The lowest BCUT2D eigenvalue weighted by Gasteiger charge is -2.11. The van der Waals surface area contributed by atoms with Gasteiger partial charge >= 0.3 is 0 Å². The maximum atomic E-state index is 5.40. The highest BCUT2D eigenvalue weighted by Gasteiger charge is 2.00. The molecule has 0 aromatic heterocycles. The lowest BCUT2D eigenvalue weighted by molar-refractivity contribution is 0.0572. The van der Waals surface area contributed by atoms with Gasteiger partial charge in [-0.3, -0.25) is 0 Å². The Kier molecular flexibility index (Phi) is 5.99. The monoisotopic (exact) mass is 131 g/mol. The van der Waals surface area contributed by atoms with Crippen LogP contribution in [0.1, 0.15) is 26.7 Å². The molecule has 2 nitrogen and oxygen atoms in total. The van der Waals surface area contributed by atoms with E-state index in [1.54, 1.807) is 0 Å². The molecule has 2 heteroatoms. The summed E-state index contributed by atoms with van der Waals surface area (Å²) >= 11 is 0. The average molecular weight is 131 g/mol. The van der Waals surface area contributed by atoms with Gasteiger partial charge in [0.05, 0.1) is 6.10 Å². The van der Waals surface area contributed by atoms with E-state index in [-0.39, 0.29) is 6.10 Å². The first-order chi connectivity index (χ1) is 4.35. The molecule has 2 N–H and O–H groups in total. The van der Waals surface area contributed by atoms with Gasteiger partial charge in [-0.2, -0.15) is 0 Å². The first-order valence-corrected chi connectivity index (χ1v) is 3.66. The Bertz CT molecular complexity index is 52.9. The number of nitrogens with two attached hydrogens (primary N) is 1. The van der Waals surface area contributed by atoms with E-state index in [0.717, 1.165) is 19.4 Å². The van der Waals surface area contributed by atoms with E-state index in [4.69, 9.17) is 10.5 Å². The minimum atomic E-state index is 0.282. The van der Waals surface area contributed by atoms with Crippen molar-refractivity contribution in [2.24, 2.45) is 5.73 Å². The summed E-state index contributed by atoms with van der Waals surface area (Å²) in [4.78, 5) is 0. The summed E-state index contributed by atoms with van der Waals surface area (Å²) < 4.78 is 5.36. The molecule has 0 aromatic carbocycles.